The first-order valence-corrected chi connectivity index (χ1v) is 6.48. The molecule has 0 aliphatic rings. The highest BCUT2D eigenvalue weighted by Crippen LogP contribution is 2.36. The number of hydrogen-bond acceptors (Lipinski definition) is 3. The number of nitrogens with zero attached hydrogens (tertiary/aromatic N) is 1. The fraction of sp³-hybridized carbons (Fsp3) is 0.562. The van der Waals surface area contributed by atoms with Crippen LogP contribution < -0.4 is 10.5 Å². The van der Waals surface area contributed by atoms with Crippen molar-refractivity contribution in [2.75, 3.05) is 7.11 Å². The maximum Gasteiger partial charge on any atom is 0.122 e. The normalized spacial score (nSPS) is 13.8. The minimum atomic E-state index is -0.594. The molecule has 0 amide bonds. The molecule has 0 heterocycles. The first-order chi connectivity index (χ1) is 8.63. The summed E-state index contributed by atoms with van der Waals surface area (Å²) in [6, 6.07) is 7.89. The molecule has 19 heavy (non-hydrogen) atoms. The third-order valence-electron chi connectivity index (χ3n) is 3.46. The average Bonchev–Trinajstić information content (AvgIpc) is 2.36. The monoisotopic (exact) mass is 260 g/mol. The second kappa shape index (κ2) is 5.22. The zero-order chi connectivity index (χ0) is 14.8. The van der Waals surface area contributed by atoms with E-state index >= 15 is 0 Å². The summed E-state index contributed by atoms with van der Waals surface area (Å²) < 4.78 is 5.41. The van der Waals surface area contributed by atoms with Gasteiger partial charge in [0.1, 0.15) is 5.75 Å². The molecule has 3 heteroatoms. The van der Waals surface area contributed by atoms with E-state index in [0.29, 0.717) is 0 Å². The van der Waals surface area contributed by atoms with E-state index in [9.17, 15) is 5.26 Å². The minimum Gasteiger partial charge on any atom is -0.496 e. The number of nitriles is 1. The van der Waals surface area contributed by atoms with Crippen LogP contribution in [-0.4, -0.2) is 7.11 Å². The van der Waals surface area contributed by atoms with Crippen molar-refractivity contribution >= 4 is 0 Å². The molecule has 3 nitrogen and oxygen atoms in total. The van der Waals surface area contributed by atoms with Gasteiger partial charge in [-0.05, 0) is 42.5 Å². The van der Waals surface area contributed by atoms with E-state index in [2.05, 4.69) is 32.9 Å². The molecule has 1 aromatic rings. The first-order valence-electron chi connectivity index (χ1n) is 6.48. The molecule has 0 saturated carbocycles. The molecule has 104 valence electrons. The van der Waals surface area contributed by atoms with E-state index in [4.69, 9.17) is 10.5 Å². The van der Waals surface area contributed by atoms with Crippen molar-refractivity contribution in [2.45, 2.75) is 46.1 Å². The van der Waals surface area contributed by atoms with Crippen LogP contribution >= 0.6 is 0 Å². The van der Waals surface area contributed by atoms with Crippen LogP contribution in [0.15, 0.2) is 18.2 Å². The Morgan fingerprint density at radius 2 is 1.79 bits per heavy atom. The van der Waals surface area contributed by atoms with Gasteiger partial charge in [0.25, 0.3) is 0 Å². The second-order valence-corrected chi connectivity index (χ2v) is 6.52. The van der Waals surface area contributed by atoms with Gasteiger partial charge in [-0.2, -0.15) is 5.26 Å². The summed E-state index contributed by atoms with van der Waals surface area (Å²) in [5.74, 6) is 0.859. The molecule has 2 N–H and O–H groups in total. The maximum atomic E-state index is 9.20. The number of methoxy groups -OCH3 is 1. The molecule has 1 aromatic carbocycles. The fourth-order valence-electron chi connectivity index (χ4n) is 1.99. The van der Waals surface area contributed by atoms with E-state index in [1.807, 2.05) is 26.0 Å². The quantitative estimate of drug-likeness (QED) is 0.904. The number of benzene rings is 1. The van der Waals surface area contributed by atoms with Crippen LogP contribution in [0.2, 0.25) is 0 Å². The molecule has 0 spiro atoms. The Hall–Kier alpha value is -1.53. The van der Waals surface area contributed by atoms with E-state index in [1.165, 1.54) is 0 Å². The van der Waals surface area contributed by atoms with Crippen molar-refractivity contribution in [2.24, 2.45) is 11.1 Å². The predicted octanol–water partition coefficient (Wildman–Crippen LogP) is 3.54. The molecule has 0 radical (unpaired) electrons. The maximum absolute atomic E-state index is 9.20. The number of ether oxygens (including phenoxy) is 1. The molecule has 0 fully saturated rings. The van der Waals surface area contributed by atoms with Gasteiger partial charge in [-0.25, -0.2) is 0 Å². The van der Waals surface area contributed by atoms with Crippen LogP contribution in [0.1, 0.15) is 51.8 Å². The number of nitrogens with two attached hydrogens (primary N) is 1. The third kappa shape index (κ3) is 3.27. The Balaban J connectivity index is 3.31. The van der Waals surface area contributed by atoms with Crippen molar-refractivity contribution in [1.29, 1.82) is 5.26 Å². The Bertz CT molecular complexity index is 492. The van der Waals surface area contributed by atoms with Gasteiger partial charge in [0.05, 0.1) is 18.6 Å². The number of rotatable bonds is 3. The molecule has 0 aliphatic heterocycles. The van der Waals surface area contributed by atoms with Gasteiger partial charge in [-0.3, -0.25) is 0 Å². The second-order valence-electron chi connectivity index (χ2n) is 6.52. The molecule has 0 saturated heterocycles. The number of hydrogen-bond donors (Lipinski definition) is 1. The third-order valence-corrected chi connectivity index (χ3v) is 3.46. The van der Waals surface area contributed by atoms with Crippen LogP contribution in [0.3, 0.4) is 0 Å². The zero-order valence-electron chi connectivity index (χ0n) is 12.7. The lowest BCUT2D eigenvalue weighted by Crippen LogP contribution is -2.28. The smallest absolute Gasteiger partial charge is 0.122 e. The van der Waals surface area contributed by atoms with Crippen LogP contribution in [0, 0.1) is 16.7 Å². The molecule has 0 aliphatic carbocycles. The highest BCUT2D eigenvalue weighted by molar-refractivity contribution is 5.43. The average molecular weight is 260 g/mol. The SMILES string of the molecule is COc1ccc(C(N)C(C)(C)C#N)cc1C(C)(C)C. The highest BCUT2D eigenvalue weighted by atomic mass is 16.5. The van der Waals surface area contributed by atoms with Crippen molar-refractivity contribution in [1.82, 2.24) is 0 Å². The van der Waals surface area contributed by atoms with Gasteiger partial charge >= 0.3 is 0 Å². The zero-order valence-corrected chi connectivity index (χ0v) is 12.7. The minimum absolute atomic E-state index is 0.0299. The molecule has 1 rings (SSSR count). The summed E-state index contributed by atoms with van der Waals surface area (Å²) in [6.45, 7) is 10.1. The fourth-order valence-corrected chi connectivity index (χ4v) is 1.99. The standard InChI is InChI=1S/C16H24N2O/c1-15(2,3)12-9-11(7-8-13(12)19-6)14(18)16(4,5)10-17/h7-9,14H,18H2,1-6H3. The summed E-state index contributed by atoms with van der Waals surface area (Å²) in [7, 11) is 1.67. The molecular weight excluding hydrogens is 236 g/mol. The lowest BCUT2D eigenvalue weighted by atomic mass is 9.79. The van der Waals surface area contributed by atoms with E-state index in [1.54, 1.807) is 7.11 Å². The Labute approximate surface area is 116 Å². The van der Waals surface area contributed by atoms with Gasteiger partial charge in [0.2, 0.25) is 0 Å². The van der Waals surface area contributed by atoms with Crippen molar-refractivity contribution in [3.63, 3.8) is 0 Å². The van der Waals surface area contributed by atoms with Crippen molar-refractivity contribution in [3.05, 3.63) is 29.3 Å². The Morgan fingerprint density at radius 3 is 2.21 bits per heavy atom. The molecule has 1 atom stereocenters. The largest absolute Gasteiger partial charge is 0.496 e. The Kier molecular flexibility index (Phi) is 4.27. The summed E-state index contributed by atoms with van der Waals surface area (Å²) in [5, 5.41) is 9.20. The van der Waals surface area contributed by atoms with Crippen LogP contribution in [0.5, 0.6) is 5.75 Å². The summed E-state index contributed by atoms with van der Waals surface area (Å²) in [6.07, 6.45) is 0. The molecule has 0 bridgehead atoms. The van der Waals surface area contributed by atoms with E-state index in [0.717, 1.165) is 16.9 Å². The van der Waals surface area contributed by atoms with Gasteiger partial charge in [0.15, 0.2) is 0 Å². The van der Waals surface area contributed by atoms with Gasteiger partial charge < -0.3 is 10.5 Å². The van der Waals surface area contributed by atoms with Crippen molar-refractivity contribution < 1.29 is 4.74 Å². The topological polar surface area (TPSA) is 59.0 Å². The summed E-state index contributed by atoms with van der Waals surface area (Å²) in [4.78, 5) is 0. The predicted molar refractivity (Wildman–Crippen MR) is 78.0 cm³/mol. The van der Waals surface area contributed by atoms with Gasteiger partial charge in [-0.15, -0.1) is 0 Å². The van der Waals surface area contributed by atoms with Gasteiger partial charge in [-0.1, -0.05) is 26.8 Å². The summed E-state index contributed by atoms with van der Waals surface area (Å²) >= 11 is 0. The lowest BCUT2D eigenvalue weighted by molar-refractivity contribution is 0.385. The van der Waals surface area contributed by atoms with E-state index in [-0.39, 0.29) is 11.5 Å². The van der Waals surface area contributed by atoms with Gasteiger partial charge in [0, 0.05) is 6.04 Å². The molecular formula is C16H24N2O. The van der Waals surface area contributed by atoms with Crippen molar-refractivity contribution in [3.8, 4) is 11.8 Å². The lowest BCUT2D eigenvalue weighted by Gasteiger charge is -2.28. The van der Waals surface area contributed by atoms with Crippen LogP contribution in [0.4, 0.5) is 0 Å². The molecule has 0 aromatic heterocycles. The van der Waals surface area contributed by atoms with Crippen LogP contribution in [-0.2, 0) is 5.41 Å². The highest BCUT2D eigenvalue weighted by Gasteiger charge is 2.29. The molecule has 1 unspecified atom stereocenters. The first kappa shape index (κ1) is 15.5. The summed E-state index contributed by atoms with van der Waals surface area (Å²) in [5.41, 5.74) is 7.68. The Morgan fingerprint density at radius 1 is 1.21 bits per heavy atom. The van der Waals surface area contributed by atoms with Crippen LogP contribution in [0.25, 0.3) is 0 Å². The van der Waals surface area contributed by atoms with E-state index < -0.39 is 5.41 Å².